The summed E-state index contributed by atoms with van der Waals surface area (Å²) in [6, 6.07) is 10.9. The van der Waals surface area contributed by atoms with Crippen LogP contribution in [0.1, 0.15) is 37.6 Å². The van der Waals surface area contributed by atoms with Crippen LogP contribution in [0.5, 0.6) is 5.75 Å². The third-order valence-corrected chi connectivity index (χ3v) is 7.56. The predicted molar refractivity (Wildman–Crippen MR) is 132 cm³/mol. The molecular weight excluding hydrogens is 434 g/mol. The van der Waals surface area contributed by atoms with Crippen molar-refractivity contribution in [3.63, 3.8) is 0 Å². The number of thiazole rings is 1. The molecule has 0 radical (unpaired) electrons. The van der Waals surface area contributed by atoms with Gasteiger partial charge in [-0.2, -0.15) is 0 Å². The van der Waals surface area contributed by atoms with Crippen LogP contribution in [0, 0.1) is 6.92 Å². The van der Waals surface area contributed by atoms with Crippen molar-refractivity contribution in [2.24, 2.45) is 0 Å². The fraction of sp³-hybridized carbons (Fsp3) is 0.480. The lowest BCUT2D eigenvalue weighted by Crippen LogP contribution is -2.52. The van der Waals surface area contributed by atoms with Gasteiger partial charge in [-0.25, -0.2) is 4.98 Å². The highest BCUT2D eigenvalue weighted by atomic mass is 32.1. The largest absolute Gasteiger partial charge is 0.467 e. The van der Waals surface area contributed by atoms with E-state index in [1.807, 2.05) is 31.3 Å². The number of rotatable bonds is 8. The summed E-state index contributed by atoms with van der Waals surface area (Å²) in [6.45, 7) is 6.47. The number of hydrogen-bond acceptors (Lipinski definition) is 8. The van der Waals surface area contributed by atoms with Gasteiger partial charge in [-0.15, -0.1) is 21.5 Å². The maximum absolute atomic E-state index is 5.90. The molecule has 3 aromatic rings. The zero-order valence-electron chi connectivity index (χ0n) is 19.5. The van der Waals surface area contributed by atoms with E-state index in [1.165, 1.54) is 19.3 Å². The van der Waals surface area contributed by atoms with Gasteiger partial charge in [0.25, 0.3) is 0 Å². The molecule has 0 bridgehead atoms. The second-order valence-corrected chi connectivity index (χ2v) is 10.5. The molecule has 5 rings (SSSR count). The Balaban J connectivity index is 1.34. The van der Waals surface area contributed by atoms with E-state index in [2.05, 4.69) is 44.5 Å². The van der Waals surface area contributed by atoms with Gasteiger partial charge < -0.3 is 19.7 Å². The molecule has 3 heterocycles. The summed E-state index contributed by atoms with van der Waals surface area (Å²) in [5.74, 6) is 1.65. The fourth-order valence-electron chi connectivity index (χ4n) is 4.58. The van der Waals surface area contributed by atoms with E-state index < -0.39 is 0 Å². The molecule has 0 amide bonds. The summed E-state index contributed by atoms with van der Waals surface area (Å²) in [6.07, 6.45) is 6.98. The van der Waals surface area contributed by atoms with Gasteiger partial charge in [0.05, 0.1) is 15.6 Å². The second-order valence-electron chi connectivity index (χ2n) is 9.29. The Morgan fingerprint density at radius 1 is 1.21 bits per heavy atom. The SMILES string of the molecule is COCOc1cc(-c2cnc(C)s2)ccc1-c1ccc(N2CCC(C)(NC3CCC3)C2)nn1. The highest BCUT2D eigenvalue weighted by molar-refractivity contribution is 7.15. The Morgan fingerprint density at radius 3 is 2.76 bits per heavy atom. The minimum atomic E-state index is 0.150. The van der Waals surface area contributed by atoms with E-state index >= 15 is 0 Å². The summed E-state index contributed by atoms with van der Waals surface area (Å²) >= 11 is 1.66. The number of methoxy groups -OCH3 is 1. The third kappa shape index (κ3) is 4.88. The van der Waals surface area contributed by atoms with Crippen molar-refractivity contribution in [2.75, 3.05) is 31.9 Å². The van der Waals surface area contributed by atoms with Crippen molar-refractivity contribution >= 4 is 17.2 Å². The van der Waals surface area contributed by atoms with Crippen molar-refractivity contribution in [3.8, 4) is 27.4 Å². The zero-order chi connectivity index (χ0) is 22.8. The summed E-state index contributed by atoms with van der Waals surface area (Å²) in [7, 11) is 1.62. The molecule has 174 valence electrons. The highest BCUT2D eigenvalue weighted by Crippen LogP contribution is 2.36. The van der Waals surface area contributed by atoms with Gasteiger partial charge in [0.1, 0.15) is 5.75 Å². The quantitative estimate of drug-likeness (QED) is 0.485. The van der Waals surface area contributed by atoms with Crippen LogP contribution in [0.4, 0.5) is 5.82 Å². The number of ether oxygens (including phenoxy) is 2. The summed E-state index contributed by atoms with van der Waals surface area (Å²) in [4.78, 5) is 7.81. The number of benzene rings is 1. The first-order chi connectivity index (χ1) is 16.0. The Kier molecular flexibility index (Phi) is 6.32. The molecule has 2 aliphatic rings. The van der Waals surface area contributed by atoms with Gasteiger partial charge in [0.15, 0.2) is 12.6 Å². The molecule has 7 nitrogen and oxygen atoms in total. The molecule has 1 aliphatic heterocycles. The third-order valence-electron chi connectivity index (χ3n) is 6.60. The van der Waals surface area contributed by atoms with E-state index in [-0.39, 0.29) is 12.3 Å². The van der Waals surface area contributed by atoms with Crippen LogP contribution in [0.3, 0.4) is 0 Å². The van der Waals surface area contributed by atoms with Gasteiger partial charge in [-0.05, 0) is 62.9 Å². The molecule has 8 heteroatoms. The van der Waals surface area contributed by atoms with E-state index in [9.17, 15) is 0 Å². The Labute approximate surface area is 199 Å². The molecule has 33 heavy (non-hydrogen) atoms. The lowest BCUT2D eigenvalue weighted by atomic mass is 9.89. The van der Waals surface area contributed by atoms with E-state index in [4.69, 9.17) is 9.47 Å². The van der Waals surface area contributed by atoms with E-state index in [1.54, 1.807) is 18.4 Å². The standard InChI is InChI=1S/C25H31N5O2S/c1-17-26-14-23(33-17)18-7-8-20(22(13-18)32-16-31-3)21-9-10-24(29-28-21)30-12-11-25(2,15-30)27-19-5-4-6-19/h7-10,13-14,19,27H,4-6,11-12,15-16H2,1-3H3. The topological polar surface area (TPSA) is 72.4 Å². The van der Waals surface area contributed by atoms with Gasteiger partial charge in [0.2, 0.25) is 0 Å². The highest BCUT2D eigenvalue weighted by Gasteiger charge is 2.37. The van der Waals surface area contributed by atoms with Crippen molar-refractivity contribution in [2.45, 2.75) is 51.1 Å². The minimum absolute atomic E-state index is 0.150. The smallest absolute Gasteiger partial charge is 0.188 e. The molecule has 1 aromatic carbocycles. The van der Waals surface area contributed by atoms with Crippen LogP contribution in [-0.2, 0) is 4.74 Å². The van der Waals surface area contributed by atoms with Gasteiger partial charge in [-0.3, -0.25) is 0 Å². The second kappa shape index (κ2) is 9.37. The number of nitrogens with zero attached hydrogens (tertiary/aromatic N) is 4. The molecule has 1 saturated carbocycles. The minimum Gasteiger partial charge on any atom is -0.467 e. The molecule has 0 spiro atoms. The normalized spacial score (nSPS) is 20.8. The van der Waals surface area contributed by atoms with Crippen LogP contribution in [0.25, 0.3) is 21.7 Å². The monoisotopic (exact) mass is 465 g/mol. The predicted octanol–water partition coefficient (Wildman–Crippen LogP) is 4.67. The Bertz CT molecular complexity index is 1100. The fourth-order valence-corrected chi connectivity index (χ4v) is 5.36. The average Bonchev–Trinajstić information content (AvgIpc) is 3.41. The van der Waals surface area contributed by atoms with E-state index in [0.29, 0.717) is 6.04 Å². The average molecular weight is 466 g/mol. The van der Waals surface area contributed by atoms with Crippen molar-refractivity contribution in [1.29, 1.82) is 0 Å². The van der Waals surface area contributed by atoms with Crippen molar-refractivity contribution in [1.82, 2.24) is 20.5 Å². The van der Waals surface area contributed by atoms with Crippen LogP contribution in [0.2, 0.25) is 0 Å². The lowest BCUT2D eigenvalue weighted by molar-refractivity contribution is 0.0515. The van der Waals surface area contributed by atoms with Crippen molar-refractivity contribution in [3.05, 3.63) is 41.5 Å². The summed E-state index contributed by atoms with van der Waals surface area (Å²) in [5.41, 5.74) is 2.90. The number of nitrogens with one attached hydrogen (secondary N) is 1. The first kappa shape index (κ1) is 22.3. The lowest BCUT2D eigenvalue weighted by Gasteiger charge is -2.36. The number of anilines is 1. The molecule has 2 aromatic heterocycles. The first-order valence-corrected chi connectivity index (χ1v) is 12.4. The van der Waals surface area contributed by atoms with Gasteiger partial charge >= 0.3 is 0 Å². The van der Waals surface area contributed by atoms with Crippen LogP contribution >= 0.6 is 11.3 Å². The Hall–Kier alpha value is -2.55. The van der Waals surface area contributed by atoms with Gasteiger partial charge in [0, 0.05) is 43.5 Å². The molecule has 1 unspecified atom stereocenters. The number of hydrogen-bond donors (Lipinski definition) is 1. The maximum atomic E-state index is 5.90. The van der Waals surface area contributed by atoms with E-state index in [0.717, 1.165) is 57.8 Å². The van der Waals surface area contributed by atoms with Gasteiger partial charge in [-0.1, -0.05) is 12.5 Å². The molecule has 1 aliphatic carbocycles. The number of aromatic nitrogens is 3. The summed E-state index contributed by atoms with van der Waals surface area (Å²) in [5, 5.41) is 14.0. The zero-order valence-corrected chi connectivity index (χ0v) is 20.3. The van der Waals surface area contributed by atoms with Crippen LogP contribution in [-0.4, -0.2) is 53.8 Å². The first-order valence-electron chi connectivity index (χ1n) is 11.6. The van der Waals surface area contributed by atoms with Crippen LogP contribution < -0.4 is 15.0 Å². The number of aryl methyl sites for hydroxylation is 1. The molecular formula is C25H31N5O2S. The molecule has 1 N–H and O–H groups in total. The van der Waals surface area contributed by atoms with Crippen molar-refractivity contribution < 1.29 is 9.47 Å². The summed E-state index contributed by atoms with van der Waals surface area (Å²) < 4.78 is 11.0. The molecule has 2 fully saturated rings. The Morgan fingerprint density at radius 2 is 2.09 bits per heavy atom. The maximum Gasteiger partial charge on any atom is 0.188 e. The molecule has 1 atom stereocenters. The van der Waals surface area contributed by atoms with Crippen LogP contribution in [0.15, 0.2) is 36.5 Å². The molecule has 1 saturated heterocycles.